The van der Waals surface area contributed by atoms with Crippen LogP contribution >= 0.6 is 11.3 Å². The summed E-state index contributed by atoms with van der Waals surface area (Å²) in [6.45, 7) is 8.48. The smallest absolute Gasteiger partial charge is 0.226 e. The van der Waals surface area contributed by atoms with Crippen LogP contribution in [0.25, 0.3) is 15.3 Å². The van der Waals surface area contributed by atoms with Gasteiger partial charge in [0.25, 0.3) is 0 Å². The van der Waals surface area contributed by atoms with Crippen molar-refractivity contribution in [1.82, 2.24) is 14.8 Å². The van der Waals surface area contributed by atoms with E-state index in [9.17, 15) is 4.79 Å². The molecule has 0 saturated heterocycles. The Balaban J connectivity index is 1.57. The summed E-state index contributed by atoms with van der Waals surface area (Å²) < 4.78 is 19.8. The van der Waals surface area contributed by atoms with Gasteiger partial charge < -0.3 is 19.5 Å². The predicted molar refractivity (Wildman–Crippen MR) is 136 cm³/mol. The first-order valence-corrected chi connectivity index (χ1v) is 12.5. The van der Waals surface area contributed by atoms with Crippen LogP contribution in [0.3, 0.4) is 0 Å². The largest absolute Gasteiger partial charge is 0.494 e. The summed E-state index contributed by atoms with van der Waals surface area (Å²) >= 11 is 1.51. The van der Waals surface area contributed by atoms with Crippen LogP contribution in [0.4, 0.5) is 5.82 Å². The Hall–Kier alpha value is -3.59. The number of fused-ring (bicyclic) bond motifs is 2. The summed E-state index contributed by atoms with van der Waals surface area (Å²) in [6, 6.07) is 11.7. The lowest BCUT2D eigenvalue weighted by Crippen LogP contribution is -2.25. The Kier molecular flexibility index (Phi) is 6.10. The molecule has 0 radical (unpaired) electrons. The van der Waals surface area contributed by atoms with E-state index in [2.05, 4.69) is 5.32 Å². The molecule has 3 heterocycles. The molecule has 4 aromatic rings. The van der Waals surface area contributed by atoms with Gasteiger partial charge in [0, 0.05) is 17.9 Å². The number of anilines is 1. The molecule has 0 unspecified atom stereocenters. The number of aryl methyl sites for hydroxylation is 1. The van der Waals surface area contributed by atoms with Crippen LogP contribution in [0.1, 0.15) is 49.9 Å². The quantitative estimate of drug-likeness (QED) is 0.369. The van der Waals surface area contributed by atoms with Crippen molar-refractivity contribution in [2.45, 2.75) is 46.1 Å². The Bertz CT molecular complexity index is 1410. The zero-order valence-electron chi connectivity index (χ0n) is 20.4. The lowest BCUT2D eigenvalue weighted by molar-refractivity contribution is -0.116. The molecule has 1 aliphatic rings. The zero-order chi connectivity index (χ0) is 24.7. The SMILES string of the molecule is CCOc1ccc2nc(-n3nc(C)c4c3NC(=O)C[C@@H]4c3ccc(OC(C)C)c(OC)c3)sc2c1. The summed E-state index contributed by atoms with van der Waals surface area (Å²) in [6.07, 6.45) is 0.352. The van der Waals surface area contributed by atoms with E-state index in [1.807, 2.05) is 64.1 Å². The highest BCUT2D eigenvalue weighted by molar-refractivity contribution is 7.20. The fraction of sp³-hybridized carbons (Fsp3) is 0.346. The second-order valence-corrected chi connectivity index (χ2v) is 9.71. The molecule has 182 valence electrons. The molecule has 35 heavy (non-hydrogen) atoms. The van der Waals surface area contributed by atoms with Gasteiger partial charge in [0.1, 0.15) is 11.6 Å². The second-order valence-electron chi connectivity index (χ2n) is 8.70. The number of rotatable bonds is 7. The molecule has 2 aromatic heterocycles. The number of hydrogen-bond donors (Lipinski definition) is 1. The maximum absolute atomic E-state index is 12.8. The average Bonchev–Trinajstić information content (AvgIpc) is 3.39. The molecule has 0 spiro atoms. The first kappa shape index (κ1) is 23.2. The number of ether oxygens (including phenoxy) is 3. The van der Waals surface area contributed by atoms with E-state index in [1.54, 1.807) is 11.8 Å². The maximum atomic E-state index is 12.8. The number of nitrogens with one attached hydrogen (secondary N) is 1. The number of nitrogens with zero attached hydrogens (tertiary/aromatic N) is 3. The van der Waals surface area contributed by atoms with Gasteiger partial charge in [-0.05, 0) is 63.6 Å². The third kappa shape index (κ3) is 4.32. The fourth-order valence-corrected chi connectivity index (χ4v) is 5.41. The molecular formula is C26H28N4O4S. The summed E-state index contributed by atoms with van der Waals surface area (Å²) in [5.74, 6) is 2.57. The lowest BCUT2D eigenvalue weighted by atomic mass is 9.85. The number of amides is 1. The van der Waals surface area contributed by atoms with Crippen LogP contribution in [-0.4, -0.2) is 40.5 Å². The van der Waals surface area contributed by atoms with Gasteiger partial charge in [-0.25, -0.2) is 4.98 Å². The van der Waals surface area contributed by atoms with Crippen LogP contribution in [0, 0.1) is 6.92 Å². The highest BCUT2D eigenvalue weighted by atomic mass is 32.1. The van der Waals surface area contributed by atoms with Crippen molar-refractivity contribution >= 4 is 33.3 Å². The zero-order valence-corrected chi connectivity index (χ0v) is 21.2. The third-order valence-corrected chi connectivity index (χ3v) is 6.89. The standard InChI is InChI=1S/C26H28N4O4S/c1-6-33-17-8-9-19-22(12-17)35-26(27-19)30-25-24(15(4)29-30)18(13-23(31)28-25)16-7-10-20(34-14(2)3)21(11-16)32-5/h7-12,14,18H,6,13H2,1-5H3,(H,28,31)/t18-/m1/s1. The highest BCUT2D eigenvalue weighted by Crippen LogP contribution is 2.43. The molecule has 1 aliphatic heterocycles. The Morgan fingerprint density at radius 3 is 2.77 bits per heavy atom. The summed E-state index contributed by atoms with van der Waals surface area (Å²) in [5, 5.41) is 8.52. The third-order valence-electron chi connectivity index (χ3n) is 5.90. The molecule has 0 bridgehead atoms. The Morgan fingerprint density at radius 2 is 2.03 bits per heavy atom. The molecule has 5 rings (SSSR count). The summed E-state index contributed by atoms with van der Waals surface area (Å²) in [5.41, 5.74) is 3.67. The van der Waals surface area contributed by atoms with E-state index >= 15 is 0 Å². The Morgan fingerprint density at radius 1 is 1.20 bits per heavy atom. The van der Waals surface area contributed by atoms with E-state index in [0.29, 0.717) is 35.5 Å². The van der Waals surface area contributed by atoms with Gasteiger partial charge in [0.15, 0.2) is 11.5 Å². The van der Waals surface area contributed by atoms with Gasteiger partial charge in [-0.1, -0.05) is 17.4 Å². The predicted octanol–water partition coefficient (Wildman–Crippen LogP) is 5.46. The first-order valence-electron chi connectivity index (χ1n) is 11.7. The van der Waals surface area contributed by atoms with E-state index in [0.717, 1.165) is 32.8 Å². The highest BCUT2D eigenvalue weighted by Gasteiger charge is 2.33. The molecule has 1 atom stereocenters. The average molecular weight is 493 g/mol. The van der Waals surface area contributed by atoms with Gasteiger partial charge >= 0.3 is 0 Å². The van der Waals surface area contributed by atoms with Crippen molar-refractivity contribution in [1.29, 1.82) is 0 Å². The number of benzene rings is 2. The van der Waals surface area contributed by atoms with Crippen molar-refractivity contribution in [2.24, 2.45) is 0 Å². The van der Waals surface area contributed by atoms with Crippen molar-refractivity contribution < 1.29 is 19.0 Å². The second kappa shape index (κ2) is 9.22. The van der Waals surface area contributed by atoms with Crippen molar-refractivity contribution in [3.63, 3.8) is 0 Å². The van der Waals surface area contributed by atoms with Gasteiger partial charge in [-0.15, -0.1) is 0 Å². The van der Waals surface area contributed by atoms with Crippen LogP contribution in [0.5, 0.6) is 17.2 Å². The normalized spacial score (nSPS) is 15.3. The number of methoxy groups -OCH3 is 1. The number of aromatic nitrogens is 3. The molecule has 0 saturated carbocycles. The summed E-state index contributed by atoms with van der Waals surface area (Å²) in [7, 11) is 1.62. The van der Waals surface area contributed by atoms with Crippen LogP contribution in [0.15, 0.2) is 36.4 Å². The van der Waals surface area contributed by atoms with Crippen molar-refractivity contribution in [3.8, 4) is 22.4 Å². The van der Waals surface area contributed by atoms with Gasteiger partial charge in [0.2, 0.25) is 11.0 Å². The molecule has 8 nitrogen and oxygen atoms in total. The molecule has 2 aromatic carbocycles. The van der Waals surface area contributed by atoms with Crippen LogP contribution in [0.2, 0.25) is 0 Å². The minimum absolute atomic E-state index is 0.0284. The first-order chi connectivity index (χ1) is 16.9. The molecule has 0 fully saturated rings. The maximum Gasteiger partial charge on any atom is 0.226 e. The fourth-order valence-electron chi connectivity index (χ4n) is 4.46. The molecule has 1 amide bonds. The van der Waals surface area contributed by atoms with Gasteiger partial charge in [0.05, 0.1) is 35.7 Å². The summed E-state index contributed by atoms with van der Waals surface area (Å²) in [4.78, 5) is 17.6. The van der Waals surface area contributed by atoms with E-state index < -0.39 is 0 Å². The van der Waals surface area contributed by atoms with Crippen molar-refractivity contribution in [3.05, 3.63) is 53.2 Å². The monoisotopic (exact) mass is 492 g/mol. The number of carbonyl (C=O) groups is 1. The minimum atomic E-state index is -0.159. The molecular weight excluding hydrogens is 464 g/mol. The number of carbonyl (C=O) groups excluding carboxylic acids is 1. The van der Waals surface area contributed by atoms with Crippen LogP contribution < -0.4 is 19.5 Å². The lowest BCUT2D eigenvalue weighted by Gasteiger charge is -2.25. The number of thiazole rings is 1. The Labute approximate surface area is 207 Å². The van der Waals surface area contributed by atoms with Gasteiger partial charge in [-0.3, -0.25) is 4.79 Å². The minimum Gasteiger partial charge on any atom is -0.494 e. The van der Waals surface area contributed by atoms with E-state index in [-0.39, 0.29) is 17.9 Å². The van der Waals surface area contributed by atoms with Crippen molar-refractivity contribution in [2.75, 3.05) is 19.0 Å². The topological polar surface area (TPSA) is 87.5 Å². The van der Waals surface area contributed by atoms with E-state index in [1.165, 1.54) is 11.3 Å². The molecule has 1 N–H and O–H groups in total. The van der Waals surface area contributed by atoms with Crippen LogP contribution in [-0.2, 0) is 4.79 Å². The molecule has 0 aliphatic carbocycles. The van der Waals surface area contributed by atoms with E-state index in [4.69, 9.17) is 24.3 Å². The molecule has 9 heteroatoms. The van der Waals surface area contributed by atoms with Gasteiger partial charge in [-0.2, -0.15) is 9.78 Å². The number of hydrogen-bond acceptors (Lipinski definition) is 7.